The monoisotopic (exact) mass is 309 g/mol. The summed E-state index contributed by atoms with van der Waals surface area (Å²) in [5.41, 5.74) is 2.56. The zero-order chi connectivity index (χ0) is 15.6. The molecule has 5 nitrogen and oxygen atoms in total. The lowest BCUT2D eigenvalue weighted by Gasteiger charge is -2.23. The van der Waals surface area contributed by atoms with Crippen LogP contribution in [0.3, 0.4) is 0 Å². The molecule has 118 valence electrons. The van der Waals surface area contributed by atoms with Crippen LogP contribution >= 0.6 is 0 Å². The Labute approximate surface area is 134 Å². The Morgan fingerprint density at radius 1 is 1.17 bits per heavy atom. The minimum atomic E-state index is 0.00352. The molecule has 1 unspecified atom stereocenters. The molecule has 0 radical (unpaired) electrons. The summed E-state index contributed by atoms with van der Waals surface area (Å²) >= 11 is 0. The first-order valence-corrected chi connectivity index (χ1v) is 8.02. The summed E-state index contributed by atoms with van der Waals surface area (Å²) in [6.45, 7) is 1.31. The van der Waals surface area contributed by atoms with E-state index in [-0.39, 0.29) is 6.10 Å². The van der Waals surface area contributed by atoms with Gasteiger partial charge in [-0.1, -0.05) is 18.2 Å². The van der Waals surface area contributed by atoms with Gasteiger partial charge < -0.3 is 14.4 Å². The maximum Gasteiger partial charge on any atom is 0.160 e. The summed E-state index contributed by atoms with van der Waals surface area (Å²) in [5.74, 6) is 1.20. The average molecular weight is 309 g/mol. The first-order valence-electron chi connectivity index (χ1n) is 8.02. The normalized spacial score (nSPS) is 18.3. The lowest BCUT2D eigenvalue weighted by molar-refractivity contribution is 0.00782. The fourth-order valence-electron chi connectivity index (χ4n) is 3.14. The molecule has 0 saturated carbocycles. The van der Waals surface area contributed by atoms with Gasteiger partial charge in [0, 0.05) is 18.4 Å². The topological polar surface area (TPSA) is 60.2 Å². The molecule has 3 heterocycles. The smallest absolute Gasteiger partial charge is 0.160 e. The van der Waals surface area contributed by atoms with Crippen molar-refractivity contribution in [1.82, 2.24) is 14.5 Å². The van der Waals surface area contributed by atoms with Crippen molar-refractivity contribution in [2.24, 2.45) is 0 Å². The fourth-order valence-corrected chi connectivity index (χ4v) is 3.14. The van der Waals surface area contributed by atoms with Gasteiger partial charge in [0.05, 0.1) is 6.54 Å². The van der Waals surface area contributed by atoms with Crippen LogP contribution in [0, 0.1) is 0 Å². The second kappa shape index (κ2) is 6.01. The van der Waals surface area contributed by atoms with Crippen molar-refractivity contribution >= 4 is 11.2 Å². The van der Waals surface area contributed by atoms with Crippen LogP contribution in [0.5, 0.6) is 5.75 Å². The van der Waals surface area contributed by atoms with E-state index in [0.717, 1.165) is 48.4 Å². The van der Waals surface area contributed by atoms with Crippen LogP contribution in [0.1, 0.15) is 36.8 Å². The zero-order valence-corrected chi connectivity index (χ0v) is 12.9. The summed E-state index contributed by atoms with van der Waals surface area (Å²) in [6.07, 6.45) is 5.01. The maximum absolute atomic E-state index is 10.1. The zero-order valence-electron chi connectivity index (χ0n) is 12.9. The van der Waals surface area contributed by atoms with Gasteiger partial charge in [0.2, 0.25) is 0 Å². The molecule has 23 heavy (non-hydrogen) atoms. The molecule has 1 N–H and O–H groups in total. The number of para-hydroxylation sites is 1. The molecule has 0 aliphatic carbocycles. The van der Waals surface area contributed by atoms with E-state index in [1.807, 2.05) is 30.3 Å². The Morgan fingerprint density at radius 2 is 2.09 bits per heavy atom. The third-order valence-corrected chi connectivity index (χ3v) is 4.32. The molecular weight excluding hydrogens is 290 g/mol. The van der Waals surface area contributed by atoms with Gasteiger partial charge in [0.25, 0.3) is 0 Å². The lowest BCUT2D eigenvalue weighted by atomic mass is 10.1. The number of phenols is 1. The molecule has 1 aliphatic heterocycles. The van der Waals surface area contributed by atoms with Crippen LogP contribution in [0.25, 0.3) is 11.2 Å². The number of hydrogen-bond donors (Lipinski definition) is 1. The number of nitrogens with zero attached hydrogens (tertiary/aromatic N) is 3. The number of ether oxygens (including phenoxy) is 1. The Bertz CT molecular complexity index is 822. The lowest BCUT2D eigenvalue weighted by Crippen LogP contribution is -2.17. The van der Waals surface area contributed by atoms with Crippen LogP contribution in [0.2, 0.25) is 0 Å². The number of phenolic OH excluding ortho intramolecular Hbond substituents is 1. The highest BCUT2D eigenvalue weighted by molar-refractivity contribution is 5.71. The summed E-state index contributed by atoms with van der Waals surface area (Å²) < 4.78 is 8.00. The van der Waals surface area contributed by atoms with Gasteiger partial charge in [-0.3, -0.25) is 0 Å². The first kappa shape index (κ1) is 14.2. The number of rotatable bonds is 3. The Morgan fingerprint density at radius 3 is 2.91 bits per heavy atom. The molecule has 2 aromatic heterocycles. The Kier molecular flexibility index (Phi) is 3.71. The van der Waals surface area contributed by atoms with Crippen LogP contribution in [0.4, 0.5) is 0 Å². The van der Waals surface area contributed by atoms with Crippen LogP contribution < -0.4 is 0 Å². The summed E-state index contributed by atoms with van der Waals surface area (Å²) in [5, 5.41) is 10.1. The quantitative estimate of drug-likeness (QED) is 0.805. The Balaban J connectivity index is 1.81. The fraction of sp³-hybridized carbons (Fsp3) is 0.333. The van der Waals surface area contributed by atoms with E-state index < -0.39 is 0 Å². The molecule has 0 bridgehead atoms. The van der Waals surface area contributed by atoms with Gasteiger partial charge in [0.15, 0.2) is 5.65 Å². The largest absolute Gasteiger partial charge is 0.508 e. The molecule has 4 rings (SSSR count). The molecule has 1 aromatic carbocycles. The first-order chi connectivity index (χ1) is 11.3. The van der Waals surface area contributed by atoms with E-state index in [4.69, 9.17) is 9.72 Å². The van der Waals surface area contributed by atoms with Crippen molar-refractivity contribution in [2.45, 2.75) is 31.9 Å². The van der Waals surface area contributed by atoms with Crippen LogP contribution in [-0.2, 0) is 11.3 Å². The second-order valence-electron chi connectivity index (χ2n) is 5.89. The third kappa shape index (κ3) is 2.68. The number of imidazole rings is 1. The Hall–Kier alpha value is -2.40. The maximum atomic E-state index is 10.1. The van der Waals surface area contributed by atoms with Crippen LogP contribution in [0.15, 0.2) is 42.6 Å². The second-order valence-corrected chi connectivity index (χ2v) is 5.89. The van der Waals surface area contributed by atoms with Crippen molar-refractivity contribution in [2.75, 3.05) is 6.61 Å². The van der Waals surface area contributed by atoms with Crippen molar-refractivity contribution < 1.29 is 9.84 Å². The number of hydrogen-bond acceptors (Lipinski definition) is 4. The predicted molar refractivity (Wildman–Crippen MR) is 87.3 cm³/mol. The average Bonchev–Trinajstić information content (AvgIpc) is 2.96. The van der Waals surface area contributed by atoms with E-state index in [9.17, 15) is 5.11 Å². The third-order valence-electron chi connectivity index (χ3n) is 4.32. The molecular formula is C18H19N3O2. The van der Waals surface area contributed by atoms with E-state index in [1.165, 1.54) is 0 Å². The summed E-state index contributed by atoms with van der Waals surface area (Å²) in [7, 11) is 0. The van der Waals surface area contributed by atoms with Gasteiger partial charge in [-0.25, -0.2) is 9.97 Å². The highest BCUT2D eigenvalue weighted by atomic mass is 16.5. The summed E-state index contributed by atoms with van der Waals surface area (Å²) in [4.78, 5) is 9.24. The van der Waals surface area contributed by atoms with Gasteiger partial charge in [-0.15, -0.1) is 0 Å². The molecule has 5 heteroatoms. The van der Waals surface area contributed by atoms with E-state index in [0.29, 0.717) is 12.3 Å². The highest BCUT2D eigenvalue weighted by Gasteiger charge is 2.24. The molecule has 1 fully saturated rings. The van der Waals surface area contributed by atoms with Crippen LogP contribution in [-0.4, -0.2) is 26.2 Å². The number of benzene rings is 1. The molecule has 1 aliphatic rings. The van der Waals surface area contributed by atoms with Gasteiger partial charge >= 0.3 is 0 Å². The minimum Gasteiger partial charge on any atom is -0.508 e. The number of aromatic hydroxyl groups is 1. The van der Waals surface area contributed by atoms with Crippen molar-refractivity contribution in [1.29, 1.82) is 0 Å². The molecule has 3 aromatic rings. The number of fused-ring (bicyclic) bond motifs is 1. The molecule has 1 saturated heterocycles. The van der Waals surface area contributed by atoms with Gasteiger partial charge in [-0.2, -0.15) is 0 Å². The van der Waals surface area contributed by atoms with E-state index in [1.54, 1.807) is 12.3 Å². The SMILES string of the molecule is Oc1ccccc1Cn1c(C2CCCCO2)nc2cccnc21. The van der Waals surface area contributed by atoms with Crippen molar-refractivity contribution in [3.8, 4) is 5.75 Å². The van der Waals surface area contributed by atoms with Gasteiger partial charge in [0.1, 0.15) is 23.2 Å². The van der Waals surface area contributed by atoms with E-state index >= 15 is 0 Å². The predicted octanol–water partition coefficient (Wildman–Crippen LogP) is 3.43. The number of aromatic nitrogens is 3. The van der Waals surface area contributed by atoms with Crippen molar-refractivity contribution in [3.63, 3.8) is 0 Å². The molecule has 0 amide bonds. The minimum absolute atomic E-state index is 0.00352. The molecule has 1 atom stereocenters. The van der Waals surface area contributed by atoms with Crippen molar-refractivity contribution in [3.05, 3.63) is 54.0 Å². The highest BCUT2D eigenvalue weighted by Crippen LogP contribution is 2.30. The van der Waals surface area contributed by atoms with Gasteiger partial charge in [-0.05, 0) is 37.5 Å². The standard InChI is InChI=1S/C18H19N3O2/c22-15-8-2-1-6-13(15)12-21-17-14(7-5-10-19-17)20-18(21)16-9-3-4-11-23-16/h1-2,5-8,10,16,22H,3-4,9,11-12H2. The van der Waals surface area contributed by atoms with E-state index in [2.05, 4.69) is 9.55 Å². The molecule has 0 spiro atoms. The summed E-state index contributed by atoms with van der Waals surface area (Å²) in [6, 6.07) is 11.3. The number of pyridine rings is 1.